The topological polar surface area (TPSA) is 29.9 Å². The third-order valence-electron chi connectivity index (χ3n) is 1.61. The van der Waals surface area contributed by atoms with E-state index in [1.165, 1.54) is 5.69 Å². The summed E-state index contributed by atoms with van der Waals surface area (Å²) in [6, 6.07) is 2.05. The van der Waals surface area contributed by atoms with Crippen LogP contribution in [0.25, 0.3) is 0 Å². The van der Waals surface area contributed by atoms with Crippen molar-refractivity contribution in [1.82, 2.24) is 15.1 Å². The zero-order valence-corrected chi connectivity index (χ0v) is 12.7. The lowest BCUT2D eigenvalue weighted by molar-refractivity contribution is 0.475. The summed E-state index contributed by atoms with van der Waals surface area (Å²) in [7, 11) is 0. The molecule has 1 N–H and O–H groups in total. The van der Waals surface area contributed by atoms with E-state index in [9.17, 15) is 0 Å². The molecule has 0 unspecified atom stereocenters. The first kappa shape index (κ1) is 18.5. The van der Waals surface area contributed by atoms with Gasteiger partial charge in [0, 0.05) is 19.3 Å². The first-order chi connectivity index (χ1) is 8.20. The summed E-state index contributed by atoms with van der Waals surface area (Å²) < 4.78 is 2.04. The Kier molecular flexibility index (Phi) is 14.4. The van der Waals surface area contributed by atoms with Crippen molar-refractivity contribution in [3.63, 3.8) is 0 Å². The van der Waals surface area contributed by atoms with E-state index in [0.29, 0.717) is 0 Å². The number of nitrogens with zero attached hydrogens (tertiary/aromatic N) is 2. The smallest absolute Gasteiger partial charge is 0.0537 e. The zero-order valence-electron chi connectivity index (χ0n) is 12.7. The van der Waals surface area contributed by atoms with Gasteiger partial charge in [-0.1, -0.05) is 48.5 Å². The molecule has 1 aromatic rings. The predicted molar refractivity (Wildman–Crippen MR) is 77.1 cm³/mol. The fourth-order valence-electron chi connectivity index (χ4n) is 1.11. The molecule has 1 aliphatic heterocycles. The SMILES string of the molecule is CC.CC.CC(C)C.c1cc2n(n1)CCNC2. The van der Waals surface area contributed by atoms with Gasteiger partial charge in [0.1, 0.15) is 0 Å². The Bertz CT molecular complexity index is 218. The third kappa shape index (κ3) is 10.1. The molecule has 0 atom stereocenters. The van der Waals surface area contributed by atoms with Gasteiger partial charge in [0.05, 0.1) is 12.2 Å². The Hall–Kier alpha value is -0.830. The summed E-state index contributed by atoms with van der Waals surface area (Å²) in [5.74, 6) is 0.833. The Morgan fingerprint density at radius 3 is 2.18 bits per heavy atom. The van der Waals surface area contributed by atoms with Crippen LogP contribution in [-0.2, 0) is 13.1 Å². The van der Waals surface area contributed by atoms with Crippen LogP contribution in [-0.4, -0.2) is 16.3 Å². The molecule has 0 fully saturated rings. The molecule has 2 heterocycles. The van der Waals surface area contributed by atoms with Crippen LogP contribution < -0.4 is 5.32 Å². The number of hydrogen-bond acceptors (Lipinski definition) is 2. The lowest BCUT2D eigenvalue weighted by Crippen LogP contribution is -2.28. The van der Waals surface area contributed by atoms with E-state index in [2.05, 4.69) is 31.2 Å². The van der Waals surface area contributed by atoms with Gasteiger partial charge < -0.3 is 5.32 Å². The highest BCUT2D eigenvalue weighted by atomic mass is 15.3. The number of aromatic nitrogens is 2. The Morgan fingerprint density at radius 1 is 1.18 bits per heavy atom. The van der Waals surface area contributed by atoms with E-state index in [0.717, 1.165) is 25.6 Å². The lowest BCUT2D eigenvalue weighted by atomic mass is 10.3. The van der Waals surface area contributed by atoms with Crippen molar-refractivity contribution in [3.8, 4) is 0 Å². The molecule has 1 aliphatic rings. The van der Waals surface area contributed by atoms with Gasteiger partial charge in [-0.05, 0) is 12.0 Å². The second kappa shape index (κ2) is 13.2. The van der Waals surface area contributed by atoms with Gasteiger partial charge in [0.2, 0.25) is 0 Å². The molecule has 0 amide bonds. The first-order valence-corrected chi connectivity index (χ1v) is 6.91. The molecule has 17 heavy (non-hydrogen) atoms. The van der Waals surface area contributed by atoms with Crippen molar-refractivity contribution in [2.24, 2.45) is 5.92 Å². The molecular weight excluding hydrogens is 210 g/mol. The van der Waals surface area contributed by atoms with E-state index in [-0.39, 0.29) is 0 Å². The van der Waals surface area contributed by atoms with Crippen molar-refractivity contribution in [2.45, 2.75) is 61.6 Å². The highest BCUT2D eigenvalue weighted by molar-refractivity contribution is 5.01. The minimum atomic E-state index is 0.833. The molecule has 0 aromatic carbocycles. The molecule has 102 valence electrons. The summed E-state index contributed by atoms with van der Waals surface area (Å²) in [4.78, 5) is 0. The van der Waals surface area contributed by atoms with Gasteiger partial charge in [-0.25, -0.2) is 0 Å². The fourth-order valence-corrected chi connectivity index (χ4v) is 1.11. The predicted octanol–water partition coefficient (Wildman–Crippen LogP) is 3.70. The van der Waals surface area contributed by atoms with Crippen LogP contribution in [0, 0.1) is 5.92 Å². The summed E-state index contributed by atoms with van der Waals surface area (Å²) in [5, 5.41) is 7.40. The van der Waals surface area contributed by atoms with Crippen molar-refractivity contribution < 1.29 is 0 Å². The number of nitrogens with one attached hydrogen (secondary N) is 1. The zero-order chi connectivity index (χ0) is 13.7. The molecule has 1 aromatic heterocycles. The van der Waals surface area contributed by atoms with E-state index in [1.807, 2.05) is 44.6 Å². The molecule has 2 rings (SSSR count). The van der Waals surface area contributed by atoms with Crippen molar-refractivity contribution in [2.75, 3.05) is 6.54 Å². The van der Waals surface area contributed by atoms with Gasteiger partial charge in [-0.15, -0.1) is 0 Å². The lowest BCUT2D eigenvalue weighted by Gasteiger charge is -2.13. The summed E-state index contributed by atoms with van der Waals surface area (Å²) in [6.45, 7) is 17.5. The fraction of sp³-hybridized carbons (Fsp3) is 0.786. The van der Waals surface area contributed by atoms with E-state index < -0.39 is 0 Å². The maximum Gasteiger partial charge on any atom is 0.0537 e. The van der Waals surface area contributed by atoms with Gasteiger partial charge in [-0.3, -0.25) is 4.68 Å². The maximum absolute atomic E-state index is 4.13. The molecule has 0 radical (unpaired) electrons. The molecule has 0 aliphatic carbocycles. The number of hydrogen-bond donors (Lipinski definition) is 1. The minimum Gasteiger partial charge on any atom is -0.309 e. The maximum atomic E-state index is 4.13. The van der Waals surface area contributed by atoms with Crippen molar-refractivity contribution >= 4 is 0 Å². The van der Waals surface area contributed by atoms with Gasteiger partial charge in [-0.2, -0.15) is 5.10 Å². The summed E-state index contributed by atoms with van der Waals surface area (Å²) in [6.07, 6.45) is 1.85. The average Bonchev–Trinajstić information content (AvgIpc) is 2.81. The summed E-state index contributed by atoms with van der Waals surface area (Å²) in [5.41, 5.74) is 1.29. The summed E-state index contributed by atoms with van der Waals surface area (Å²) >= 11 is 0. The Morgan fingerprint density at radius 2 is 1.71 bits per heavy atom. The van der Waals surface area contributed by atoms with Gasteiger partial charge >= 0.3 is 0 Å². The van der Waals surface area contributed by atoms with Crippen molar-refractivity contribution in [3.05, 3.63) is 18.0 Å². The quantitative estimate of drug-likeness (QED) is 0.750. The van der Waals surface area contributed by atoms with Crippen LogP contribution in [0.4, 0.5) is 0 Å². The molecule has 0 bridgehead atoms. The largest absolute Gasteiger partial charge is 0.309 e. The van der Waals surface area contributed by atoms with Crippen LogP contribution in [0.2, 0.25) is 0 Å². The van der Waals surface area contributed by atoms with Crippen molar-refractivity contribution in [1.29, 1.82) is 0 Å². The Labute approximate surface area is 108 Å². The van der Waals surface area contributed by atoms with Crippen LogP contribution in [0.5, 0.6) is 0 Å². The number of rotatable bonds is 0. The molecule has 3 nitrogen and oxygen atoms in total. The highest BCUT2D eigenvalue weighted by Gasteiger charge is 2.05. The van der Waals surface area contributed by atoms with E-state index in [1.54, 1.807) is 0 Å². The standard InChI is InChI=1S/C6H9N3.C4H10.2C2H6/c1-2-8-9-4-3-7-5-6(1)9;1-4(2)3;2*1-2/h1-2,7H,3-5H2;4H,1-3H3;2*1-2H3. The second-order valence-corrected chi connectivity index (χ2v) is 3.95. The first-order valence-electron chi connectivity index (χ1n) is 6.91. The third-order valence-corrected chi connectivity index (χ3v) is 1.61. The molecule has 0 saturated heterocycles. The van der Waals surface area contributed by atoms with Crippen LogP contribution in [0.3, 0.4) is 0 Å². The van der Waals surface area contributed by atoms with E-state index in [4.69, 9.17) is 0 Å². The van der Waals surface area contributed by atoms with E-state index >= 15 is 0 Å². The Balaban J connectivity index is 0. The van der Waals surface area contributed by atoms with Gasteiger partial charge in [0.25, 0.3) is 0 Å². The average molecular weight is 241 g/mol. The van der Waals surface area contributed by atoms with Crippen LogP contribution in [0.15, 0.2) is 12.3 Å². The molecule has 0 saturated carbocycles. The molecule has 3 heteroatoms. The number of fused-ring (bicyclic) bond motifs is 1. The second-order valence-electron chi connectivity index (χ2n) is 3.95. The molecule has 0 spiro atoms. The van der Waals surface area contributed by atoms with Crippen LogP contribution in [0.1, 0.15) is 54.2 Å². The van der Waals surface area contributed by atoms with Crippen LogP contribution >= 0.6 is 0 Å². The molecular formula is C14H31N3. The minimum absolute atomic E-state index is 0.833. The normalized spacial score (nSPS) is 12.0. The highest BCUT2D eigenvalue weighted by Crippen LogP contribution is 2.00. The monoisotopic (exact) mass is 241 g/mol. The van der Waals surface area contributed by atoms with Gasteiger partial charge in [0.15, 0.2) is 0 Å².